The number of nitrogens with one attached hydrogen (secondary N) is 1. The van der Waals surface area contributed by atoms with E-state index in [4.69, 9.17) is 5.73 Å². The van der Waals surface area contributed by atoms with Gasteiger partial charge in [0, 0.05) is 19.6 Å². The minimum Gasteiger partial charge on any atom is -0.393 e. The molecule has 0 unspecified atom stereocenters. The molecule has 1 aliphatic heterocycles. The van der Waals surface area contributed by atoms with Crippen molar-refractivity contribution >= 4 is 17.3 Å². The van der Waals surface area contributed by atoms with Crippen LogP contribution in [0.25, 0.3) is 0 Å². The van der Waals surface area contributed by atoms with Crippen molar-refractivity contribution in [1.82, 2.24) is 9.97 Å². The van der Waals surface area contributed by atoms with Crippen molar-refractivity contribution < 1.29 is 0 Å². The first-order valence-corrected chi connectivity index (χ1v) is 9.65. The number of allylic oxidation sites excluding steroid dienone is 1. The van der Waals surface area contributed by atoms with Crippen LogP contribution in [0.2, 0.25) is 0 Å². The van der Waals surface area contributed by atoms with Gasteiger partial charge in [0.05, 0.1) is 0 Å². The second kappa shape index (κ2) is 7.77. The Bertz CT molecular complexity index is 799. The van der Waals surface area contributed by atoms with E-state index in [-0.39, 0.29) is 0 Å². The summed E-state index contributed by atoms with van der Waals surface area (Å²) in [5.74, 6) is 1.60. The molecule has 136 valence electrons. The highest BCUT2D eigenvalue weighted by molar-refractivity contribution is 5.75. The summed E-state index contributed by atoms with van der Waals surface area (Å²) in [4.78, 5) is 11.1. The summed E-state index contributed by atoms with van der Waals surface area (Å²) in [5.41, 5.74) is 11.4. The Labute approximate surface area is 155 Å². The number of hydrogen-bond donors (Lipinski definition) is 2. The summed E-state index contributed by atoms with van der Waals surface area (Å²) in [6.07, 6.45) is 11.2. The molecule has 0 amide bonds. The fourth-order valence-electron chi connectivity index (χ4n) is 3.93. The van der Waals surface area contributed by atoms with E-state index in [2.05, 4.69) is 50.5 Å². The molecule has 0 radical (unpaired) electrons. The highest BCUT2D eigenvalue weighted by Crippen LogP contribution is 2.30. The number of nitrogens with zero attached hydrogens (tertiary/aromatic N) is 3. The maximum atomic E-state index is 6.41. The molecule has 0 fully saturated rings. The minimum absolute atomic E-state index is 0.657. The highest BCUT2D eigenvalue weighted by Gasteiger charge is 2.20. The number of hydrogen-bond acceptors (Lipinski definition) is 5. The van der Waals surface area contributed by atoms with Crippen LogP contribution in [0, 0.1) is 0 Å². The largest absolute Gasteiger partial charge is 0.393 e. The number of fused-ring (bicyclic) bond motifs is 1. The van der Waals surface area contributed by atoms with Gasteiger partial charge in [0.1, 0.15) is 12.0 Å². The van der Waals surface area contributed by atoms with Gasteiger partial charge in [0.15, 0.2) is 11.6 Å². The molecule has 0 saturated heterocycles. The number of nitrogen functional groups attached to an aromatic ring is 1. The third-order valence-corrected chi connectivity index (χ3v) is 5.42. The van der Waals surface area contributed by atoms with Crippen molar-refractivity contribution in [1.29, 1.82) is 0 Å². The first kappa shape index (κ1) is 16.9. The van der Waals surface area contributed by atoms with Gasteiger partial charge in [-0.1, -0.05) is 35.9 Å². The maximum absolute atomic E-state index is 6.41. The van der Waals surface area contributed by atoms with Crippen LogP contribution in [-0.4, -0.2) is 23.1 Å². The number of nitrogens with two attached hydrogens (primary N) is 1. The average Bonchev–Trinajstić information content (AvgIpc) is 2.70. The summed E-state index contributed by atoms with van der Waals surface area (Å²) in [6, 6.07) is 8.61. The third-order valence-electron chi connectivity index (χ3n) is 5.42. The molecule has 5 nitrogen and oxygen atoms in total. The molecular weight excluding hydrogens is 322 g/mol. The molecule has 0 atom stereocenters. The van der Waals surface area contributed by atoms with Gasteiger partial charge in [-0.25, -0.2) is 9.97 Å². The van der Waals surface area contributed by atoms with E-state index in [1.807, 2.05) is 0 Å². The lowest BCUT2D eigenvalue weighted by Gasteiger charge is -2.30. The van der Waals surface area contributed by atoms with Crippen molar-refractivity contribution in [2.75, 3.05) is 29.0 Å². The second-order valence-electron chi connectivity index (χ2n) is 7.18. The van der Waals surface area contributed by atoms with Crippen molar-refractivity contribution in [2.45, 2.75) is 45.1 Å². The highest BCUT2D eigenvalue weighted by atomic mass is 15.2. The Morgan fingerprint density at radius 1 is 1.08 bits per heavy atom. The molecule has 1 aliphatic carbocycles. The number of rotatable bonds is 5. The third kappa shape index (κ3) is 3.66. The number of aromatic nitrogens is 2. The first-order valence-electron chi connectivity index (χ1n) is 9.65. The first-order chi connectivity index (χ1) is 12.8. The fourth-order valence-corrected chi connectivity index (χ4v) is 3.93. The van der Waals surface area contributed by atoms with Gasteiger partial charge >= 0.3 is 0 Å². The second-order valence-corrected chi connectivity index (χ2v) is 7.18. The van der Waals surface area contributed by atoms with Crippen LogP contribution in [0.5, 0.6) is 0 Å². The Hall–Kier alpha value is -2.56. The van der Waals surface area contributed by atoms with Crippen molar-refractivity contribution in [2.24, 2.45) is 0 Å². The predicted molar refractivity (Wildman–Crippen MR) is 107 cm³/mol. The van der Waals surface area contributed by atoms with Gasteiger partial charge in [-0.3, -0.25) is 0 Å². The number of benzene rings is 1. The standard InChI is InChI=1S/C21H27N5/c22-19-20(23-12-10-16-6-2-1-3-7-16)24-15-25-21(19)26-13-11-17-8-4-5-9-18(17)14-26/h4-6,8-9,15H,1-3,7,10-14,22H2,(H,23,24,25). The topological polar surface area (TPSA) is 67.1 Å². The molecule has 5 heteroatoms. The molecular formula is C21H27N5. The van der Waals surface area contributed by atoms with Gasteiger partial charge in [0.2, 0.25) is 0 Å². The Balaban J connectivity index is 1.43. The zero-order valence-corrected chi connectivity index (χ0v) is 15.2. The molecule has 26 heavy (non-hydrogen) atoms. The van der Waals surface area contributed by atoms with E-state index in [0.717, 1.165) is 44.1 Å². The lowest BCUT2D eigenvalue weighted by molar-refractivity contribution is 0.679. The van der Waals surface area contributed by atoms with Crippen LogP contribution < -0.4 is 16.0 Å². The summed E-state index contributed by atoms with van der Waals surface area (Å²) >= 11 is 0. The molecule has 2 aliphatic rings. The van der Waals surface area contributed by atoms with Crippen molar-refractivity contribution in [3.63, 3.8) is 0 Å². The van der Waals surface area contributed by atoms with Gasteiger partial charge in [0.25, 0.3) is 0 Å². The van der Waals surface area contributed by atoms with E-state index in [1.165, 1.54) is 36.8 Å². The molecule has 1 aromatic heterocycles. The van der Waals surface area contributed by atoms with Crippen LogP contribution in [0.1, 0.15) is 43.2 Å². The van der Waals surface area contributed by atoms with Gasteiger partial charge in [-0.2, -0.15) is 0 Å². The lowest BCUT2D eigenvalue weighted by Crippen LogP contribution is -2.32. The lowest BCUT2D eigenvalue weighted by atomic mass is 9.97. The Morgan fingerprint density at radius 3 is 2.81 bits per heavy atom. The SMILES string of the molecule is Nc1c(NCCC2=CCCCC2)ncnc1N1CCc2ccccc2C1. The summed E-state index contributed by atoms with van der Waals surface area (Å²) in [5, 5.41) is 3.42. The predicted octanol–water partition coefficient (Wildman–Crippen LogP) is 3.92. The van der Waals surface area contributed by atoms with E-state index in [1.54, 1.807) is 11.9 Å². The van der Waals surface area contributed by atoms with Crippen molar-refractivity contribution in [3.05, 3.63) is 53.4 Å². The molecule has 1 aromatic carbocycles. The molecule has 4 rings (SSSR count). The van der Waals surface area contributed by atoms with E-state index >= 15 is 0 Å². The quantitative estimate of drug-likeness (QED) is 0.801. The van der Waals surface area contributed by atoms with Crippen molar-refractivity contribution in [3.8, 4) is 0 Å². The van der Waals surface area contributed by atoms with Crippen LogP contribution in [0.3, 0.4) is 0 Å². The van der Waals surface area contributed by atoms with Crippen LogP contribution in [0.4, 0.5) is 17.3 Å². The van der Waals surface area contributed by atoms with Crippen LogP contribution >= 0.6 is 0 Å². The molecule has 0 spiro atoms. The zero-order valence-electron chi connectivity index (χ0n) is 15.2. The summed E-state index contributed by atoms with van der Waals surface area (Å²) < 4.78 is 0. The molecule has 0 saturated carbocycles. The van der Waals surface area contributed by atoms with Gasteiger partial charge in [-0.15, -0.1) is 0 Å². The van der Waals surface area contributed by atoms with Crippen LogP contribution in [-0.2, 0) is 13.0 Å². The van der Waals surface area contributed by atoms with Crippen LogP contribution in [0.15, 0.2) is 42.2 Å². The Kier molecular flexibility index (Phi) is 5.04. The zero-order chi connectivity index (χ0) is 17.8. The minimum atomic E-state index is 0.657. The molecule has 3 N–H and O–H groups in total. The summed E-state index contributed by atoms with van der Waals surface area (Å²) in [7, 11) is 0. The smallest absolute Gasteiger partial charge is 0.157 e. The maximum Gasteiger partial charge on any atom is 0.157 e. The van der Waals surface area contributed by atoms with E-state index in [9.17, 15) is 0 Å². The number of anilines is 3. The fraction of sp³-hybridized carbons (Fsp3) is 0.429. The average molecular weight is 349 g/mol. The Morgan fingerprint density at radius 2 is 1.96 bits per heavy atom. The molecule has 2 aromatic rings. The van der Waals surface area contributed by atoms with E-state index in [0.29, 0.717) is 5.69 Å². The molecule has 2 heterocycles. The van der Waals surface area contributed by atoms with Gasteiger partial charge < -0.3 is 16.0 Å². The van der Waals surface area contributed by atoms with Gasteiger partial charge in [-0.05, 0) is 49.7 Å². The molecule has 0 bridgehead atoms. The monoisotopic (exact) mass is 349 g/mol. The normalized spacial score (nSPS) is 16.8. The summed E-state index contributed by atoms with van der Waals surface area (Å²) in [6.45, 7) is 2.66. The van der Waals surface area contributed by atoms with E-state index < -0.39 is 0 Å².